The van der Waals surface area contributed by atoms with Crippen LogP contribution < -0.4 is 0 Å². The van der Waals surface area contributed by atoms with Crippen molar-refractivity contribution in [2.24, 2.45) is 0 Å². The van der Waals surface area contributed by atoms with Gasteiger partial charge in [0, 0.05) is 5.56 Å². The Morgan fingerprint density at radius 1 is 0.415 bits per heavy atom. The lowest BCUT2D eigenvalue weighted by atomic mass is 9.90. The average molecular weight is 544 g/mol. The van der Waals surface area contributed by atoms with E-state index in [0.29, 0.717) is 10.8 Å². The molecule has 0 saturated heterocycles. The average Bonchev–Trinajstić information content (AvgIpc) is 3.05. The topological polar surface area (TPSA) is 38.7 Å². The van der Waals surface area contributed by atoms with E-state index in [4.69, 9.17) is 11.6 Å². The summed E-state index contributed by atoms with van der Waals surface area (Å²) in [6.07, 6.45) is 3.01. The van der Waals surface area contributed by atoms with Crippen LogP contribution in [0, 0.1) is 0 Å². The van der Waals surface area contributed by atoms with Crippen molar-refractivity contribution in [1.29, 1.82) is 0 Å². The highest BCUT2D eigenvalue weighted by Crippen LogP contribution is 2.42. The molecule has 1 aromatic heterocycles. The third kappa shape index (κ3) is 3.86. The van der Waals surface area contributed by atoms with E-state index in [9.17, 15) is 0 Å². The summed E-state index contributed by atoms with van der Waals surface area (Å²) in [5.41, 5.74) is 5.29. The van der Waals surface area contributed by atoms with Crippen molar-refractivity contribution in [2.75, 3.05) is 0 Å². The zero-order valence-corrected chi connectivity index (χ0v) is 22.7. The van der Waals surface area contributed by atoms with Crippen LogP contribution in [0.2, 0.25) is 5.02 Å². The second kappa shape index (κ2) is 9.51. The molecule has 0 N–H and O–H groups in total. The summed E-state index contributed by atoms with van der Waals surface area (Å²) in [6, 6.07) is 43.2. The van der Waals surface area contributed by atoms with Crippen LogP contribution in [-0.4, -0.2) is 15.0 Å². The van der Waals surface area contributed by atoms with E-state index >= 15 is 0 Å². The van der Waals surface area contributed by atoms with Gasteiger partial charge in [0.05, 0.1) is 5.02 Å². The van der Waals surface area contributed by atoms with Gasteiger partial charge in [-0.25, -0.2) is 15.0 Å². The van der Waals surface area contributed by atoms with Crippen LogP contribution in [0.25, 0.3) is 76.7 Å². The van der Waals surface area contributed by atoms with Crippen molar-refractivity contribution < 1.29 is 0 Å². The van der Waals surface area contributed by atoms with Crippen molar-refractivity contribution in [3.63, 3.8) is 0 Å². The first-order chi connectivity index (χ1) is 20.3. The van der Waals surface area contributed by atoms with Gasteiger partial charge in [-0.3, -0.25) is 0 Å². The van der Waals surface area contributed by atoms with Crippen LogP contribution in [0.3, 0.4) is 0 Å². The molecule has 8 aromatic rings. The number of hydrogen-bond acceptors (Lipinski definition) is 3. The van der Waals surface area contributed by atoms with E-state index in [-0.39, 0.29) is 0 Å². The van der Waals surface area contributed by atoms with Crippen LogP contribution in [0.5, 0.6) is 0 Å². The Balaban J connectivity index is 1.41. The first-order valence-electron chi connectivity index (χ1n) is 13.5. The summed E-state index contributed by atoms with van der Waals surface area (Å²) in [6.45, 7) is 0. The Hall–Kier alpha value is -5.12. The molecule has 0 radical (unpaired) electrons. The molecular formula is C37H22ClN3. The number of nitrogens with zero attached hydrogens (tertiary/aromatic N) is 3. The van der Waals surface area contributed by atoms with Crippen molar-refractivity contribution in [2.45, 2.75) is 0 Å². The lowest BCUT2D eigenvalue weighted by Crippen LogP contribution is -1.94. The Kier molecular flexibility index (Phi) is 5.51. The quantitative estimate of drug-likeness (QED) is 0.208. The molecule has 1 heterocycles. The molecule has 41 heavy (non-hydrogen) atoms. The van der Waals surface area contributed by atoms with Crippen LogP contribution in [0.4, 0.5) is 0 Å². The predicted octanol–water partition coefficient (Wildman–Crippen LogP) is 10.1. The van der Waals surface area contributed by atoms with Gasteiger partial charge in [-0.1, -0.05) is 115 Å². The van der Waals surface area contributed by atoms with E-state index in [1.165, 1.54) is 45.0 Å². The van der Waals surface area contributed by atoms with Gasteiger partial charge in [-0.2, -0.15) is 0 Å². The third-order valence-corrected chi connectivity index (χ3v) is 8.27. The number of halogens is 1. The molecule has 0 atom stereocenters. The molecular weight excluding hydrogens is 522 g/mol. The molecule has 3 nitrogen and oxygen atoms in total. The Labute approximate surface area is 241 Å². The van der Waals surface area contributed by atoms with E-state index in [1.54, 1.807) is 0 Å². The molecule has 192 valence electrons. The Bertz CT molecular complexity index is 2230. The first kappa shape index (κ1) is 23.7. The fourth-order valence-corrected chi connectivity index (χ4v) is 6.40. The zero-order valence-electron chi connectivity index (χ0n) is 21.9. The number of fused-ring (bicyclic) bond motifs is 7. The monoisotopic (exact) mass is 543 g/mol. The minimum Gasteiger partial charge on any atom is -0.225 e. The Morgan fingerprint density at radius 2 is 0.927 bits per heavy atom. The number of rotatable bonds is 3. The van der Waals surface area contributed by atoms with Crippen molar-refractivity contribution in [1.82, 2.24) is 15.0 Å². The van der Waals surface area contributed by atoms with Gasteiger partial charge >= 0.3 is 0 Å². The number of benzene rings is 7. The molecule has 0 saturated carbocycles. The molecule has 0 fully saturated rings. The largest absolute Gasteiger partial charge is 0.225 e. The molecule has 0 bridgehead atoms. The van der Waals surface area contributed by atoms with Gasteiger partial charge in [-0.15, -0.1) is 0 Å². The van der Waals surface area contributed by atoms with Crippen molar-refractivity contribution >= 4 is 54.7 Å². The molecule has 0 spiro atoms. The Morgan fingerprint density at radius 3 is 1.56 bits per heavy atom. The molecule has 8 rings (SSSR count). The van der Waals surface area contributed by atoms with Gasteiger partial charge in [0.2, 0.25) is 0 Å². The van der Waals surface area contributed by atoms with Crippen molar-refractivity contribution in [3.05, 3.63) is 139 Å². The molecule has 7 aromatic carbocycles. The lowest BCUT2D eigenvalue weighted by Gasteiger charge is -2.15. The van der Waals surface area contributed by atoms with Gasteiger partial charge < -0.3 is 0 Å². The lowest BCUT2D eigenvalue weighted by molar-refractivity contribution is 1.06. The van der Waals surface area contributed by atoms with Gasteiger partial charge in [0.25, 0.3) is 0 Å². The summed E-state index contributed by atoms with van der Waals surface area (Å²) in [7, 11) is 0. The van der Waals surface area contributed by atoms with Gasteiger partial charge in [0.1, 0.15) is 12.7 Å². The third-order valence-electron chi connectivity index (χ3n) is 7.97. The standard InChI is InChI=1S/C37H22ClN3/c38-35-20-32(23-8-2-1-3-9-23)34-19-25(15-17-31(34)36(35)37-40-21-39-22-41-37)24-14-16-30-28-12-5-4-10-26(28)27-11-6-7-13-29(27)33(30)18-24/h1-22H. The number of hydrogen-bond donors (Lipinski definition) is 0. The highest BCUT2D eigenvalue weighted by molar-refractivity contribution is 6.36. The highest BCUT2D eigenvalue weighted by atomic mass is 35.5. The van der Waals surface area contributed by atoms with Crippen LogP contribution >= 0.6 is 11.6 Å². The fraction of sp³-hybridized carbons (Fsp3) is 0. The maximum absolute atomic E-state index is 6.92. The second-order valence-electron chi connectivity index (χ2n) is 10.2. The fourth-order valence-electron chi connectivity index (χ4n) is 6.11. The molecule has 0 amide bonds. The SMILES string of the molecule is Clc1cc(-c2ccccc2)c2cc(-c3ccc4c5ccccc5c5ccccc5c4c3)ccc2c1-c1ncncn1. The summed E-state index contributed by atoms with van der Waals surface area (Å²) < 4.78 is 0. The predicted molar refractivity (Wildman–Crippen MR) is 171 cm³/mol. The van der Waals surface area contributed by atoms with E-state index in [0.717, 1.165) is 38.6 Å². The summed E-state index contributed by atoms with van der Waals surface area (Å²) in [4.78, 5) is 12.8. The smallest absolute Gasteiger partial charge is 0.164 e. The van der Waals surface area contributed by atoms with Gasteiger partial charge in [-0.05, 0) is 83.5 Å². The van der Waals surface area contributed by atoms with Gasteiger partial charge in [0.15, 0.2) is 5.82 Å². The minimum absolute atomic E-state index is 0.561. The minimum atomic E-state index is 0.561. The summed E-state index contributed by atoms with van der Waals surface area (Å²) in [5, 5.41) is 10.3. The zero-order chi connectivity index (χ0) is 27.3. The molecule has 0 aliphatic heterocycles. The normalized spacial score (nSPS) is 11.5. The summed E-state index contributed by atoms with van der Waals surface area (Å²) >= 11 is 6.92. The first-order valence-corrected chi connectivity index (χ1v) is 13.9. The molecule has 0 aliphatic carbocycles. The van der Waals surface area contributed by atoms with Crippen molar-refractivity contribution in [3.8, 4) is 33.6 Å². The van der Waals surface area contributed by atoms with Crippen LogP contribution in [0.15, 0.2) is 134 Å². The van der Waals surface area contributed by atoms with E-state index in [1.807, 2.05) is 12.1 Å². The number of aromatic nitrogens is 3. The van der Waals surface area contributed by atoms with Crippen LogP contribution in [0.1, 0.15) is 0 Å². The second-order valence-corrected chi connectivity index (χ2v) is 10.6. The highest BCUT2D eigenvalue weighted by Gasteiger charge is 2.17. The summed E-state index contributed by atoms with van der Waals surface area (Å²) in [5.74, 6) is 0.561. The maximum atomic E-state index is 6.92. The molecule has 0 aliphatic rings. The van der Waals surface area contributed by atoms with Crippen LogP contribution in [-0.2, 0) is 0 Å². The molecule has 4 heteroatoms. The van der Waals surface area contributed by atoms with E-state index < -0.39 is 0 Å². The maximum Gasteiger partial charge on any atom is 0.164 e. The van der Waals surface area contributed by atoms with E-state index in [2.05, 4.69) is 124 Å². The molecule has 0 unspecified atom stereocenters.